The predicted octanol–water partition coefficient (Wildman–Crippen LogP) is 3.63. The minimum atomic E-state index is 0.0524. The van der Waals surface area contributed by atoms with Crippen LogP contribution >= 0.6 is 0 Å². The summed E-state index contributed by atoms with van der Waals surface area (Å²) in [6, 6.07) is 11.8. The van der Waals surface area contributed by atoms with Gasteiger partial charge in [0.25, 0.3) is 0 Å². The molecule has 4 aromatic rings. The first kappa shape index (κ1) is 16.5. The van der Waals surface area contributed by atoms with Crippen molar-refractivity contribution in [3.8, 4) is 0 Å². The maximum Gasteiger partial charge on any atom is 0.197 e. The summed E-state index contributed by atoms with van der Waals surface area (Å²) in [5.74, 6) is 0.681. The highest BCUT2D eigenvalue weighted by atomic mass is 16.3. The summed E-state index contributed by atoms with van der Waals surface area (Å²) in [6.07, 6.45) is 6.51. The molecule has 0 aliphatic heterocycles. The van der Waals surface area contributed by atoms with Crippen molar-refractivity contribution in [3.63, 3.8) is 0 Å². The molecule has 0 aliphatic rings. The molecular weight excluding hydrogens is 326 g/mol. The molecule has 2 aromatic heterocycles. The lowest BCUT2D eigenvalue weighted by molar-refractivity contribution is 0.537. The monoisotopic (exact) mass is 347 g/mol. The standard InChI is InChI=1S/C21H21N3O2/c1-15-19(13-22-9-4-11-24-12-10-23-14-24)20(25)18-8-7-16-5-2-3-6-17(16)21(18)26-15/h2-3,5-8,10,12,14,22H,4,9,11,13H2,1H3. The number of nitrogens with zero attached hydrogens (tertiary/aromatic N) is 2. The Labute approximate surface area is 151 Å². The summed E-state index contributed by atoms with van der Waals surface area (Å²) >= 11 is 0. The number of fused-ring (bicyclic) bond motifs is 3. The maximum absolute atomic E-state index is 12.9. The fourth-order valence-electron chi connectivity index (χ4n) is 3.29. The average molecular weight is 347 g/mol. The Balaban J connectivity index is 1.54. The molecule has 5 nitrogen and oxygen atoms in total. The van der Waals surface area contributed by atoms with E-state index in [2.05, 4.69) is 10.3 Å². The zero-order valence-electron chi connectivity index (χ0n) is 14.7. The fraction of sp³-hybridized carbons (Fsp3) is 0.238. The van der Waals surface area contributed by atoms with Crippen LogP contribution in [-0.2, 0) is 13.1 Å². The quantitative estimate of drug-likeness (QED) is 0.427. The Bertz CT molecular complexity index is 1100. The molecule has 0 spiro atoms. The molecule has 2 heterocycles. The van der Waals surface area contributed by atoms with Crippen LogP contribution in [0.25, 0.3) is 21.7 Å². The molecule has 0 amide bonds. The van der Waals surface area contributed by atoms with Gasteiger partial charge in [0.2, 0.25) is 0 Å². The number of aryl methyl sites for hydroxylation is 2. The van der Waals surface area contributed by atoms with Crippen molar-refractivity contribution in [1.29, 1.82) is 0 Å². The molecule has 26 heavy (non-hydrogen) atoms. The zero-order valence-corrected chi connectivity index (χ0v) is 14.7. The van der Waals surface area contributed by atoms with Crippen LogP contribution in [0.5, 0.6) is 0 Å². The van der Waals surface area contributed by atoms with Gasteiger partial charge in [-0.25, -0.2) is 4.98 Å². The SMILES string of the molecule is Cc1oc2c(ccc3ccccc32)c(=O)c1CNCCCn1ccnc1. The first-order chi connectivity index (χ1) is 12.7. The number of nitrogens with one attached hydrogen (secondary N) is 1. The Kier molecular flexibility index (Phi) is 4.54. The fourth-order valence-corrected chi connectivity index (χ4v) is 3.29. The Hall–Kier alpha value is -2.92. The van der Waals surface area contributed by atoms with E-state index in [1.165, 1.54) is 0 Å². The molecular formula is C21H21N3O2. The molecule has 0 aliphatic carbocycles. The van der Waals surface area contributed by atoms with Gasteiger partial charge in [0.1, 0.15) is 11.3 Å². The van der Waals surface area contributed by atoms with Gasteiger partial charge in [0.05, 0.1) is 17.3 Å². The van der Waals surface area contributed by atoms with Gasteiger partial charge in [-0.2, -0.15) is 0 Å². The van der Waals surface area contributed by atoms with E-state index in [-0.39, 0.29) is 5.43 Å². The van der Waals surface area contributed by atoms with Crippen molar-refractivity contribution in [1.82, 2.24) is 14.9 Å². The number of benzene rings is 2. The second kappa shape index (κ2) is 7.14. The first-order valence-electron chi connectivity index (χ1n) is 8.84. The lowest BCUT2D eigenvalue weighted by atomic mass is 10.0. The van der Waals surface area contributed by atoms with Gasteiger partial charge in [-0.05, 0) is 31.3 Å². The second-order valence-electron chi connectivity index (χ2n) is 6.46. The molecule has 0 saturated carbocycles. The van der Waals surface area contributed by atoms with Crippen LogP contribution in [0.3, 0.4) is 0 Å². The lowest BCUT2D eigenvalue weighted by Gasteiger charge is -2.10. The van der Waals surface area contributed by atoms with E-state index in [4.69, 9.17) is 4.42 Å². The lowest BCUT2D eigenvalue weighted by Crippen LogP contribution is -2.22. The van der Waals surface area contributed by atoms with Crippen LogP contribution in [0.15, 0.2) is 64.3 Å². The molecule has 0 unspecified atom stereocenters. The molecule has 0 saturated heterocycles. The van der Waals surface area contributed by atoms with E-state index in [0.29, 0.717) is 28.8 Å². The van der Waals surface area contributed by atoms with Gasteiger partial charge in [-0.1, -0.05) is 30.3 Å². The van der Waals surface area contributed by atoms with Crippen molar-refractivity contribution in [3.05, 3.63) is 76.7 Å². The first-order valence-corrected chi connectivity index (χ1v) is 8.84. The smallest absolute Gasteiger partial charge is 0.197 e. The summed E-state index contributed by atoms with van der Waals surface area (Å²) in [7, 11) is 0. The summed E-state index contributed by atoms with van der Waals surface area (Å²) in [5, 5.41) is 6.05. The predicted molar refractivity (Wildman–Crippen MR) is 103 cm³/mol. The Morgan fingerprint density at radius 1 is 1.15 bits per heavy atom. The van der Waals surface area contributed by atoms with E-state index in [1.54, 1.807) is 6.20 Å². The van der Waals surface area contributed by atoms with Crippen molar-refractivity contribution in [2.24, 2.45) is 0 Å². The van der Waals surface area contributed by atoms with Crippen LogP contribution in [0.2, 0.25) is 0 Å². The van der Waals surface area contributed by atoms with Gasteiger partial charge in [0, 0.05) is 30.9 Å². The Morgan fingerprint density at radius 3 is 2.88 bits per heavy atom. The summed E-state index contributed by atoms with van der Waals surface area (Å²) < 4.78 is 8.09. The molecule has 0 atom stereocenters. The van der Waals surface area contributed by atoms with Gasteiger partial charge >= 0.3 is 0 Å². The molecule has 132 valence electrons. The number of hydrogen-bond donors (Lipinski definition) is 1. The number of hydrogen-bond acceptors (Lipinski definition) is 4. The molecule has 0 bridgehead atoms. The molecule has 4 rings (SSSR count). The van der Waals surface area contributed by atoms with Gasteiger partial charge in [0.15, 0.2) is 5.43 Å². The van der Waals surface area contributed by atoms with Crippen molar-refractivity contribution in [2.75, 3.05) is 6.54 Å². The third-order valence-electron chi connectivity index (χ3n) is 4.71. The number of imidazole rings is 1. The van der Waals surface area contributed by atoms with Crippen molar-refractivity contribution < 1.29 is 4.42 Å². The van der Waals surface area contributed by atoms with Crippen LogP contribution < -0.4 is 10.7 Å². The van der Waals surface area contributed by atoms with Crippen LogP contribution in [0, 0.1) is 6.92 Å². The molecule has 5 heteroatoms. The molecule has 0 fully saturated rings. The largest absolute Gasteiger partial charge is 0.460 e. The highest BCUT2D eigenvalue weighted by Gasteiger charge is 2.13. The van der Waals surface area contributed by atoms with Crippen LogP contribution in [0.1, 0.15) is 17.7 Å². The highest BCUT2D eigenvalue weighted by molar-refractivity contribution is 6.03. The van der Waals surface area contributed by atoms with Crippen molar-refractivity contribution in [2.45, 2.75) is 26.4 Å². The molecule has 0 radical (unpaired) electrons. The van der Waals surface area contributed by atoms with Crippen LogP contribution in [-0.4, -0.2) is 16.1 Å². The van der Waals surface area contributed by atoms with E-state index in [9.17, 15) is 4.79 Å². The summed E-state index contributed by atoms with van der Waals surface area (Å²) in [5.41, 5.74) is 1.43. The third-order valence-corrected chi connectivity index (χ3v) is 4.71. The third kappa shape index (κ3) is 3.13. The van der Waals surface area contributed by atoms with Gasteiger partial charge in [-0.15, -0.1) is 0 Å². The molecule has 2 aromatic carbocycles. The molecule has 1 N–H and O–H groups in total. The van der Waals surface area contributed by atoms with E-state index < -0.39 is 0 Å². The van der Waals surface area contributed by atoms with Crippen LogP contribution in [0.4, 0.5) is 0 Å². The average Bonchev–Trinajstić information content (AvgIpc) is 3.17. The Morgan fingerprint density at radius 2 is 2.04 bits per heavy atom. The normalized spacial score (nSPS) is 11.4. The number of rotatable bonds is 6. The minimum absolute atomic E-state index is 0.0524. The summed E-state index contributed by atoms with van der Waals surface area (Å²) in [6.45, 7) is 4.11. The van der Waals surface area contributed by atoms with Crippen molar-refractivity contribution >= 4 is 21.7 Å². The topological polar surface area (TPSA) is 60.1 Å². The van der Waals surface area contributed by atoms with E-state index in [0.717, 1.165) is 30.3 Å². The second-order valence-corrected chi connectivity index (χ2v) is 6.46. The maximum atomic E-state index is 12.9. The minimum Gasteiger partial charge on any atom is -0.460 e. The zero-order chi connectivity index (χ0) is 17.9. The van der Waals surface area contributed by atoms with E-state index in [1.807, 2.05) is 60.4 Å². The van der Waals surface area contributed by atoms with Gasteiger partial charge < -0.3 is 14.3 Å². The highest BCUT2D eigenvalue weighted by Crippen LogP contribution is 2.25. The summed E-state index contributed by atoms with van der Waals surface area (Å²) in [4.78, 5) is 17.0. The number of aromatic nitrogens is 2. The van der Waals surface area contributed by atoms with E-state index >= 15 is 0 Å². The van der Waals surface area contributed by atoms with Gasteiger partial charge in [-0.3, -0.25) is 4.79 Å².